The van der Waals surface area contributed by atoms with Gasteiger partial charge in [0.2, 0.25) is 5.78 Å². The van der Waals surface area contributed by atoms with Gasteiger partial charge in [-0.05, 0) is 50.8 Å². The normalized spacial score (nSPS) is 36.2. The number of fused-ring (bicyclic) bond motifs is 5. The highest BCUT2D eigenvalue weighted by Gasteiger charge is 2.64. The van der Waals surface area contributed by atoms with E-state index in [1.54, 1.807) is 18.2 Å². The standard InChI is InChI=1S/C25H28O5/c1-15-6-5-7-19(26)10-18-8-9-20(29-14-18)21-22(27)25(30-23(21)28)13-17(3)16(2)12-24(25,4)11-15/h5-6,8-12,17,19,26H,7,13-14H2,1-4H3/t17-,19+,24+,25-/m0/s1. The molecule has 1 saturated heterocycles. The second kappa shape index (κ2) is 7.24. The Morgan fingerprint density at radius 2 is 1.90 bits per heavy atom. The lowest BCUT2D eigenvalue weighted by Crippen LogP contribution is -2.53. The summed E-state index contributed by atoms with van der Waals surface area (Å²) in [6.07, 6.45) is 13.3. The van der Waals surface area contributed by atoms with E-state index in [0.29, 0.717) is 12.8 Å². The molecule has 0 aromatic carbocycles. The summed E-state index contributed by atoms with van der Waals surface area (Å²) in [7, 11) is 0. The molecule has 0 aromatic rings. The Kier molecular flexibility index (Phi) is 4.97. The number of carbonyl (C=O) groups is 2. The Labute approximate surface area is 177 Å². The molecule has 3 aliphatic heterocycles. The lowest BCUT2D eigenvalue weighted by atomic mass is 9.61. The van der Waals surface area contributed by atoms with E-state index in [4.69, 9.17) is 9.47 Å². The van der Waals surface area contributed by atoms with Crippen molar-refractivity contribution in [3.63, 3.8) is 0 Å². The van der Waals surface area contributed by atoms with Crippen LogP contribution in [0, 0.1) is 11.3 Å². The van der Waals surface area contributed by atoms with Gasteiger partial charge >= 0.3 is 5.97 Å². The number of aliphatic hydroxyl groups excluding tert-OH is 1. The van der Waals surface area contributed by atoms with E-state index in [9.17, 15) is 14.7 Å². The molecule has 2 aliphatic carbocycles. The fraction of sp³-hybridized carbons (Fsp3) is 0.440. The molecule has 30 heavy (non-hydrogen) atoms. The number of hydrogen-bond donors (Lipinski definition) is 1. The van der Waals surface area contributed by atoms with Crippen LogP contribution in [0.1, 0.15) is 40.5 Å². The molecular weight excluding hydrogens is 380 g/mol. The molecule has 4 bridgehead atoms. The van der Waals surface area contributed by atoms with Crippen LogP contribution in [-0.4, -0.2) is 35.2 Å². The van der Waals surface area contributed by atoms with E-state index >= 15 is 0 Å². The van der Waals surface area contributed by atoms with Gasteiger partial charge < -0.3 is 14.6 Å². The van der Waals surface area contributed by atoms with Gasteiger partial charge in [-0.15, -0.1) is 0 Å². The Morgan fingerprint density at radius 3 is 2.60 bits per heavy atom. The van der Waals surface area contributed by atoms with Gasteiger partial charge in [-0.1, -0.05) is 48.5 Å². The minimum Gasteiger partial charge on any atom is -0.488 e. The molecule has 1 N–H and O–H groups in total. The van der Waals surface area contributed by atoms with Crippen LogP contribution in [0.4, 0.5) is 0 Å². The first kappa shape index (κ1) is 20.6. The number of aliphatic hydroxyl groups is 1. The van der Waals surface area contributed by atoms with Crippen molar-refractivity contribution in [1.29, 1.82) is 0 Å². The summed E-state index contributed by atoms with van der Waals surface area (Å²) in [5.41, 5.74) is 0.782. The van der Waals surface area contributed by atoms with Crippen molar-refractivity contribution in [1.82, 2.24) is 0 Å². The molecule has 5 rings (SSSR count). The number of carbonyl (C=O) groups excluding carboxylic acids is 2. The summed E-state index contributed by atoms with van der Waals surface area (Å²) in [5.74, 6) is -0.603. The van der Waals surface area contributed by atoms with E-state index in [-0.39, 0.29) is 29.6 Å². The smallest absolute Gasteiger partial charge is 0.346 e. The molecule has 1 fully saturated rings. The summed E-state index contributed by atoms with van der Waals surface area (Å²) in [6.45, 7) is 8.19. The molecule has 0 aromatic heterocycles. The Balaban J connectivity index is 1.95. The van der Waals surface area contributed by atoms with Crippen molar-refractivity contribution in [2.75, 3.05) is 6.61 Å². The number of Topliss-reactive ketones (excluding diaryl/α,β-unsaturated/α-hetero) is 1. The molecule has 3 heterocycles. The third kappa shape index (κ3) is 3.21. The number of rotatable bonds is 0. The van der Waals surface area contributed by atoms with Crippen LogP contribution < -0.4 is 0 Å². The maximum absolute atomic E-state index is 13.8. The zero-order valence-corrected chi connectivity index (χ0v) is 17.9. The summed E-state index contributed by atoms with van der Waals surface area (Å²) in [4.78, 5) is 26.7. The maximum Gasteiger partial charge on any atom is 0.346 e. The third-order valence-corrected chi connectivity index (χ3v) is 6.62. The van der Waals surface area contributed by atoms with Crippen LogP contribution in [-0.2, 0) is 19.1 Å². The second-order valence-corrected chi connectivity index (χ2v) is 9.02. The molecule has 158 valence electrons. The van der Waals surface area contributed by atoms with Crippen LogP contribution in [0.25, 0.3) is 0 Å². The van der Waals surface area contributed by atoms with Crippen LogP contribution >= 0.6 is 0 Å². The molecule has 1 spiro atoms. The Hall–Kier alpha value is -2.66. The Bertz CT molecular complexity index is 989. The minimum atomic E-state index is -1.30. The largest absolute Gasteiger partial charge is 0.488 e. The van der Waals surface area contributed by atoms with Crippen molar-refractivity contribution in [2.45, 2.75) is 52.2 Å². The molecule has 0 saturated carbocycles. The van der Waals surface area contributed by atoms with Crippen LogP contribution in [0.5, 0.6) is 0 Å². The number of ether oxygens (including phenoxy) is 2. The lowest BCUT2D eigenvalue weighted by Gasteiger charge is -2.45. The maximum atomic E-state index is 13.8. The number of ketones is 1. The predicted octanol–water partition coefficient (Wildman–Crippen LogP) is 3.88. The molecule has 4 atom stereocenters. The van der Waals surface area contributed by atoms with E-state index in [0.717, 1.165) is 16.7 Å². The first-order valence-electron chi connectivity index (χ1n) is 10.4. The molecule has 0 unspecified atom stereocenters. The van der Waals surface area contributed by atoms with Gasteiger partial charge in [0.05, 0.1) is 11.5 Å². The van der Waals surface area contributed by atoms with E-state index < -0.39 is 23.1 Å². The van der Waals surface area contributed by atoms with Gasteiger partial charge in [0.1, 0.15) is 17.9 Å². The topological polar surface area (TPSA) is 72.8 Å². The third-order valence-electron chi connectivity index (χ3n) is 6.62. The Morgan fingerprint density at radius 1 is 1.13 bits per heavy atom. The fourth-order valence-corrected chi connectivity index (χ4v) is 4.88. The molecule has 5 aliphatic rings. The highest BCUT2D eigenvalue weighted by Crippen LogP contribution is 2.53. The molecule has 0 radical (unpaired) electrons. The quantitative estimate of drug-likeness (QED) is 0.374. The number of esters is 1. The summed E-state index contributed by atoms with van der Waals surface area (Å²) < 4.78 is 11.7. The highest BCUT2D eigenvalue weighted by molar-refractivity contribution is 6.26. The highest BCUT2D eigenvalue weighted by atomic mass is 16.6. The van der Waals surface area contributed by atoms with Crippen LogP contribution in [0.2, 0.25) is 0 Å². The number of hydrogen-bond acceptors (Lipinski definition) is 5. The van der Waals surface area contributed by atoms with Crippen LogP contribution in [0.3, 0.4) is 0 Å². The van der Waals surface area contributed by atoms with E-state index in [2.05, 4.69) is 13.0 Å². The van der Waals surface area contributed by atoms with E-state index in [1.165, 1.54) is 0 Å². The summed E-state index contributed by atoms with van der Waals surface area (Å²) in [5, 5.41) is 10.3. The lowest BCUT2D eigenvalue weighted by molar-refractivity contribution is -0.162. The second-order valence-electron chi connectivity index (χ2n) is 9.02. The SMILES string of the molecule is CC1=C[C@]2(C)C=C(C)[C@@H](C)C[C@@]23OC(=O)C(=C2C=CC(=C[C@H](O)CC=C1)CO2)C3=O. The van der Waals surface area contributed by atoms with Gasteiger partial charge in [0.15, 0.2) is 5.60 Å². The first-order valence-corrected chi connectivity index (χ1v) is 10.4. The summed E-state index contributed by atoms with van der Waals surface area (Å²) in [6, 6.07) is 0. The van der Waals surface area contributed by atoms with Crippen molar-refractivity contribution < 1.29 is 24.2 Å². The van der Waals surface area contributed by atoms with Crippen molar-refractivity contribution >= 4 is 11.8 Å². The zero-order valence-electron chi connectivity index (χ0n) is 17.9. The van der Waals surface area contributed by atoms with Crippen molar-refractivity contribution in [2.24, 2.45) is 11.3 Å². The van der Waals surface area contributed by atoms with Crippen LogP contribution in [0.15, 0.2) is 70.6 Å². The average molecular weight is 408 g/mol. The van der Waals surface area contributed by atoms with Gasteiger partial charge in [0, 0.05) is 6.42 Å². The summed E-state index contributed by atoms with van der Waals surface area (Å²) >= 11 is 0. The zero-order chi connectivity index (χ0) is 21.7. The molecule has 5 nitrogen and oxygen atoms in total. The van der Waals surface area contributed by atoms with Gasteiger partial charge in [-0.2, -0.15) is 0 Å². The van der Waals surface area contributed by atoms with Gasteiger partial charge in [0.25, 0.3) is 0 Å². The van der Waals surface area contributed by atoms with Gasteiger partial charge in [-0.25, -0.2) is 4.79 Å². The minimum absolute atomic E-state index is 0.0197. The fourth-order valence-electron chi connectivity index (χ4n) is 4.88. The van der Waals surface area contributed by atoms with Crippen molar-refractivity contribution in [3.05, 3.63) is 70.6 Å². The molecule has 5 heteroatoms. The van der Waals surface area contributed by atoms with E-state index in [1.807, 2.05) is 39.0 Å². The van der Waals surface area contributed by atoms with Crippen molar-refractivity contribution in [3.8, 4) is 0 Å². The predicted molar refractivity (Wildman–Crippen MR) is 113 cm³/mol. The molecule has 0 amide bonds. The first-order chi connectivity index (χ1) is 14.1. The number of allylic oxidation sites excluding steroid dienone is 4. The van der Waals surface area contributed by atoms with Gasteiger partial charge in [-0.3, -0.25) is 4.79 Å². The monoisotopic (exact) mass is 408 g/mol. The molecular formula is C25H28O5. The average Bonchev–Trinajstić information content (AvgIpc) is 2.91.